The number of aliphatic imine (C=N–C) groups is 2. The molecule has 0 unspecified atom stereocenters. The molecule has 0 bridgehead atoms. The minimum atomic E-state index is 1.00. The van der Waals surface area contributed by atoms with E-state index in [0.29, 0.717) is 0 Å². The van der Waals surface area contributed by atoms with E-state index >= 15 is 0 Å². The molecule has 0 heterocycles. The number of benzene rings is 2. The first-order chi connectivity index (χ1) is 21.2. The number of nitrogens with zero attached hydrogens (tertiary/aromatic N) is 2. The fourth-order valence-corrected chi connectivity index (χ4v) is 5.49. The molecule has 0 spiro atoms. The zero-order chi connectivity index (χ0) is 30.8. The van der Waals surface area contributed by atoms with Crippen LogP contribution in [-0.2, 0) is 12.8 Å². The Bertz CT molecular complexity index is 1100. The number of aryl methyl sites for hydroxylation is 2. The van der Waals surface area contributed by atoms with E-state index < -0.39 is 0 Å². The van der Waals surface area contributed by atoms with E-state index in [1.807, 2.05) is 0 Å². The molecule has 2 nitrogen and oxygen atoms in total. The predicted octanol–water partition coefficient (Wildman–Crippen LogP) is 13.4. The van der Waals surface area contributed by atoms with Crippen LogP contribution in [0.3, 0.4) is 0 Å². The maximum absolute atomic E-state index is 5.47. The summed E-state index contributed by atoms with van der Waals surface area (Å²) in [7, 11) is 0. The largest absolute Gasteiger partial charge is 0.251 e. The van der Waals surface area contributed by atoms with Crippen molar-refractivity contribution in [1.82, 2.24) is 0 Å². The van der Waals surface area contributed by atoms with E-state index in [-0.39, 0.29) is 0 Å². The minimum absolute atomic E-state index is 1.00. The molecule has 236 valence electrons. The zero-order valence-corrected chi connectivity index (χ0v) is 28.3. The third-order valence-electron chi connectivity index (χ3n) is 8.05. The Labute approximate surface area is 265 Å². The molecule has 0 radical (unpaired) electrons. The van der Waals surface area contributed by atoms with Crippen molar-refractivity contribution in [3.8, 4) is 0 Å². The third-order valence-corrected chi connectivity index (χ3v) is 8.05. The Kier molecular flexibility index (Phi) is 20.9. The van der Waals surface area contributed by atoms with Gasteiger partial charge in [0.25, 0.3) is 0 Å². The Hall–Kier alpha value is -2.74. The van der Waals surface area contributed by atoms with Crippen LogP contribution in [-0.4, -0.2) is 11.4 Å². The molecule has 0 saturated heterocycles. The van der Waals surface area contributed by atoms with Crippen molar-refractivity contribution in [2.24, 2.45) is 9.98 Å². The first-order valence-corrected chi connectivity index (χ1v) is 17.8. The maximum atomic E-state index is 5.47. The molecule has 0 fully saturated rings. The molecule has 0 amide bonds. The van der Waals surface area contributed by atoms with E-state index in [1.165, 1.54) is 80.3 Å². The lowest BCUT2D eigenvalue weighted by atomic mass is 9.99. The molecule has 0 N–H and O–H groups in total. The van der Waals surface area contributed by atoms with Gasteiger partial charge in [0.15, 0.2) is 0 Å². The van der Waals surface area contributed by atoms with Gasteiger partial charge in [-0.05, 0) is 100 Å². The molecule has 0 aliphatic carbocycles. The SMILES string of the molecule is CCC=CCCCc1ccccc1N=C(CCCCC)C(CCCCCCCC)=Nc1ccccc1CCCC=CCC. The molecule has 0 aromatic heterocycles. The molecule has 0 atom stereocenters. The summed E-state index contributed by atoms with van der Waals surface area (Å²) in [5.41, 5.74) is 7.43. The van der Waals surface area contributed by atoms with Crippen molar-refractivity contribution in [2.75, 3.05) is 0 Å². The van der Waals surface area contributed by atoms with Crippen LogP contribution in [0, 0.1) is 0 Å². The van der Waals surface area contributed by atoms with E-state index in [0.717, 1.165) is 75.6 Å². The van der Waals surface area contributed by atoms with Crippen LogP contribution in [0.15, 0.2) is 82.8 Å². The van der Waals surface area contributed by atoms with E-state index in [9.17, 15) is 0 Å². The lowest BCUT2D eigenvalue weighted by molar-refractivity contribution is 0.616. The maximum Gasteiger partial charge on any atom is 0.0665 e. The van der Waals surface area contributed by atoms with Crippen molar-refractivity contribution in [1.29, 1.82) is 0 Å². The summed E-state index contributed by atoms with van der Waals surface area (Å²) in [6.45, 7) is 8.99. The summed E-state index contributed by atoms with van der Waals surface area (Å²) >= 11 is 0. The molecule has 43 heavy (non-hydrogen) atoms. The van der Waals surface area contributed by atoms with Gasteiger partial charge in [-0.1, -0.05) is 133 Å². The molecule has 0 saturated carbocycles. The Morgan fingerprint density at radius 2 is 0.907 bits per heavy atom. The van der Waals surface area contributed by atoms with Gasteiger partial charge in [-0.25, -0.2) is 0 Å². The average Bonchev–Trinajstić information content (AvgIpc) is 3.03. The fraction of sp³-hybridized carbons (Fsp3) is 0.561. The lowest BCUT2D eigenvalue weighted by Gasteiger charge is -2.14. The summed E-state index contributed by atoms with van der Waals surface area (Å²) < 4.78 is 0. The highest BCUT2D eigenvalue weighted by Gasteiger charge is 2.13. The van der Waals surface area contributed by atoms with Crippen LogP contribution < -0.4 is 0 Å². The van der Waals surface area contributed by atoms with Crippen molar-refractivity contribution >= 4 is 22.8 Å². The molecular formula is C41H62N2. The van der Waals surface area contributed by atoms with E-state index in [1.54, 1.807) is 0 Å². The van der Waals surface area contributed by atoms with Crippen LogP contribution in [0.4, 0.5) is 11.4 Å². The number of hydrogen-bond donors (Lipinski definition) is 0. The third kappa shape index (κ3) is 16.1. The molecule has 2 aromatic rings. The number of para-hydroxylation sites is 2. The van der Waals surface area contributed by atoms with Gasteiger partial charge >= 0.3 is 0 Å². The molecule has 0 aliphatic heterocycles. The first-order valence-electron chi connectivity index (χ1n) is 17.8. The highest BCUT2D eigenvalue weighted by Crippen LogP contribution is 2.26. The predicted molar refractivity (Wildman–Crippen MR) is 194 cm³/mol. The second-order valence-corrected chi connectivity index (χ2v) is 11.9. The summed E-state index contributed by atoms with van der Waals surface area (Å²) in [4.78, 5) is 10.9. The topological polar surface area (TPSA) is 24.7 Å². The first kappa shape index (κ1) is 36.5. The Balaban J connectivity index is 2.42. The summed E-state index contributed by atoms with van der Waals surface area (Å²) in [5, 5.41) is 0. The molecule has 2 rings (SSSR count). The van der Waals surface area contributed by atoms with Crippen LogP contribution in [0.2, 0.25) is 0 Å². The molecular weight excluding hydrogens is 520 g/mol. The lowest BCUT2D eigenvalue weighted by Crippen LogP contribution is -2.15. The van der Waals surface area contributed by atoms with E-state index in [4.69, 9.17) is 9.98 Å². The number of rotatable bonds is 24. The standard InChI is InChI=1S/C41H62N2/c1-5-9-13-16-19-23-35-41(43-39-33-27-25-31-37(39)29-22-18-15-11-7-3)40(34-20-12-8-4)42-38-32-26-24-30-36(38)28-21-17-14-10-6-2/h10-11,14-15,24-27,30-33H,5-9,12-13,16-23,28-29,34-35H2,1-4H3. The minimum Gasteiger partial charge on any atom is -0.251 e. The summed E-state index contributed by atoms with van der Waals surface area (Å²) in [6.07, 6.45) is 31.5. The highest BCUT2D eigenvalue weighted by atomic mass is 14.8. The van der Waals surface area contributed by atoms with Gasteiger partial charge in [-0.15, -0.1) is 0 Å². The van der Waals surface area contributed by atoms with Gasteiger partial charge < -0.3 is 0 Å². The van der Waals surface area contributed by atoms with Crippen LogP contribution in [0.25, 0.3) is 0 Å². The van der Waals surface area contributed by atoms with Gasteiger partial charge in [0, 0.05) is 0 Å². The summed E-state index contributed by atoms with van der Waals surface area (Å²) in [5.74, 6) is 0. The monoisotopic (exact) mass is 582 g/mol. The summed E-state index contributed by atoms with van der Waals surface area (Å²) in [6, 6.07) is 17.6. The van der Waals surface area contributed by atoms with Crippen molar-refractivity contribution in [2.45, 2.75) is 150 Å². The van der Waals surface area contributed by atoms with E-state index in [2.05, 4.69) is 101 Å². The average molecular weight is 583 g/mol. The smallest absolute Gasteiger partial charge is 0.0665 e. The van der Waals surface area contributed by atoms with Crippen LogP contribution >= 0.6 is 0 Å². The Morgan fingerprint density at radius 1 is 0.488 bits per heavy atom. The Morgan fingerprint density at radius 3 is 1.40 bits per heavy atom. The van der Waals surface area contributed by atoms with Gasteiger partial charge in [0.05, 0.1) is 22.8 Å². The molecule has 0 aliphatic rings. The second-order valence-electron chi connectivity index (χ2n) is 11.9. The van der Waals surface area contributed by atoms with Crippen molar-refractivity contribution in [3.05, 3.63) is 84.0 Å². The second kappa shape index (κ2) is 24.7. The fourth-order valence-electron chi connectivity index (χ4n) is 5.49. The number of hydrogen-bond acceptors (Lipinski definition) is 2. The molecule has 2 heteroatoms. The van der Waals surface area contributed by atoms with Crippen molar-refractivity contribution < 1.29 is 0 Å². The number of allylic oxidation sites excluding steroid dienone is 4. The van der Waals surface area contributed by atoms with Crippen molar-refractivity contribution in [3.63, 3.8) is 0 Å². The van der Waals surface area contributed by atoms with Gasteiger partial charge in [-0.2, -0.15) is 0 Å². The van der Waals surface area contributed by atoms with Gasteiger partial charge in [0.1, 0.15) is 0 Å². The normalized spacial score (nSPS) is 12.7. The highest BCUT2D eigenvalue weighted by molar-refractivity contribution is 6.43. The van der Waals surface area contributed by atoms with Crippen LogP contribution in [0.5, 0.6) is 0 Å². The van der Waals surface area contributed by atoms with Gasteiger partial charge in [0.2, 0.25) is 0 Å². The molecule has 2 aromatic carbocycles. The zero-order valence-electron chi connectivity index (χ0n) is 28.3. The van der Waals surface area contributed by atoms with Gasteiger partial charge in [-0.3, -0.25) is 9.98 Å². The quantitative estimate of drug-likeness (QED) is 0.0668. The number of unbranched alkanes of at least 4 members (excludes halogenated alkanes) is 9. The van der Waals surface area contributed by atoms with Crippen LogP contribution in [0.1, 0.15) is 148 Å².